The van der Waals surface area contributed by atoms with Crippen molar-refractivity contribution in [3.8, 4) is 11.5 Å². The first-order valence-corrected chi connectivity index (χ1v) is 7.01. The van der Waals surface area contributed by atoms with Crippen LogP contribution in [0.4, 0.5) is 0 Å². The number of para-hydroxylation sites is 1. The Morgan fingerprint density at radius 1 is 0.900 bits per heavy atom. The summed E-state index contributed by atoms with van der Waals surface area (Å²) in [5.74, 6) is 1.75. The first-order chi connectivity index (χ1) is 9.50. The number of hydrogen-bond acceptors (Lipinski definition) is 1. The second kappa shape index (κ2) is 5.96. The zero-order valence-electron chi connectivity index (χ0n) is 12.7. The minimum absolute atomic E-state index is 0.168. The van der Waals surface area contributed by atoms with E-state index in [1.807, 2.05) is 43.3 Å². The average Bonchev–Trinajstić information content (AvgIpc) is 2.41. The Kier molecular flexibility index (Phi) is 4.29. The van der Waals surface area contributed by atoms with E-state index in [1.54, 1.807) is 0 Å². The summed E-state index contributed by atoms with van der Waals surface area (Å²) in [6.07, 6.45) is 4.07. The fourth-order valence-electron chi connectivity index (χ4n) is 2.04. The van der Waals surface area contributed by atoms with Gasteiger partial charge in [0.05, 0.1) is 0 Å². The van der Waals surface area contributed by atoms with Gasteiger partial charge in [0.1, 0.15) is 11.5 Å². The Morgan fingerprint density at radius 2 is 1.55 bits per heavy atom. The third kappa shape index (κ3) is 3.51. The van der Waals surface area contributed by atoms with E-state index in [9.17, 15) is 0 Å². The molecule has 0 atom stereocenters. The van der Waals surface area contributed by atoms with E-state index in [2.05, 4.69) is 45.0 Å². The largest absolute Gasteiger partial charge is 0.457 e. The van der Waals surface area contributed by atoms with Crippen LogP contribution in [-0.2, 0) is 5.41 Å². The van der Waals surface area contributed by atoms with Crippen LogP contribution in [0.5, 0.6) is 11.5 Å². The molecule has 0 spiro atoms. The Bertz CT molecular complexity index is 586. The number of benzene rings is 2. The second-order valence-electron chi connectivity index (χ2n) is 5.91. The summed E-state index contributed by atoms with van der Waals surface area (Å²) in [5, 5.41) is 0. The molecule has 0 aliphatic carbocycles. The van der Waals surface area contributed by atoms with Crippen LogP contribution in [0.15, 0.2) is 54.6 Å². The van der Waals surface area contributed by atoms with Crippen molar-refractivity contribution in [2.45, 2.75) is 33.1 Å². The summed E-state index contributed by atoms with van der Waals surface area (Å²) >= 11 is 0. The van der Waals surface area contributed by atoms with Crippen molar-refractivity contribution in [3.05, 3.63) is 65.7 Å². The van der Waals surface area contributed by atoms with E-state index in [-0.39, 0.29) is 5.41 Å². The van der Waals surface area contributed by atoms with E-state index >= 15 is 0 Å². The number of ether oxygens (including phenoxy) is 1. The zero-order chi connectivity index (χ0) is 14.6. The monoisotopic (exact) mass is 266 g/mol. The van der Waals surface area contributed by atoms with Gasteiger partial charge in [0.15, 0.2) is 0 Å². The highest BCUT2D eigenvalue weighted by molar-refractivity contribution is 5.57. The predicted octanol–water partition coefficient (Wildman–Crippen LogP) is 5.81. The summed E-state index contributed by atoms with van der Waals surface area (Å²) in [7, 11) is 0. The molecule has 0 radical (unpaired) electrons. The fourth-order valence-corrected chi connectivity index (χ4v) is 2.04. The highest BCUT2D eigenvalue weighted by atomic mass is 16.5. The number of rotatable bonds is 3. The Morgan fingerprint density at radius 3 is 2.15 bits per heavy atom. The quantitative estimate of drug-likeness (QED) is 0.681. The van der Waals surface area contributed by atoms with E-state index in [4.69, 9.17) is 4.74 Å². The van der Waals surface area contributed by atoms with Gasteiger partial charge in [0, 0.05) is 5.56 Å². The highest BCUT2D eigenvalue weighted by Crippen LogP contribution is 2.29. The average molecular weight is 266 g/mol. The van der Waals surface area contributed by atoms with Gasteiger partial charge in [0.2, 0.25) is 0 Å². The van der Waals surface area contributed by atoms with Crippen molar-refractivity contribution < 1.29 is 4.74 Å². The summed E-state index contributed by atoms with van der Waals surface area (Å²) in [6, 6.07) is 16.4. The van der Waals surface area contributed by atoms with E-state index < -0.39 is 0 Å². The summed E-state index contributed by atoms with van der Waals surface area (Å²) in [5.41, 5.74) is 2.57. The van der Waals surface area contributed by atoms with Crippen molar-refractivity contribution in [2.24, 2.45) is 0 Å². The zero-order valence-corrected chi connectivity index (χ0v) is 12.7. The van der Waals surface area contributed by atoms with Crippen LogP contribution in [0.1, 0.15) is 38.8 Å². The van der Waals surface area contributed by atoms with Gasteiger partial charge >= 0.3 is 0 Å². The van der Waals surface area contributed by atoms with Crippen LogP contribution >= 0.6 is 0 Å². The molecule has 0 heterocycles. The lowest BCUT2D eigenvalue weighted by atomic mass is 9.87. The van der Waals surface area contributed by atoms with Crippen LogP contribution in [-0.4, -0.2) is 0 Å². The van der Waals surface area contributed by atoms with E-state index in [0.717, 1.165) is 17.1 Å². The normalized spacial score (nSPS) is 11.8. The molecule has 0 aromatic heterocycles. The maximum absolute atomic E-state index is 5.98. The second-order valence-corrected chi connectivity index (χ2v) is 5.91. The number of hydrogen-bond donors (Lipinski definition) is 0. The van der Waals surface area contributed by atoms with Gasteiger partial charge in [-0.25, -0.2) is 0 Å². The van der Waals surface area contributed by atoms with Crippen LogP contribution in [0.3, 0.4) is 0 Å². The Labute approximate surface area is 121 Å². The molecule has 0 N–H and O–H groups in total. The molecule has 2 aromatic carbocycles. The molecule has 2 rings (SSSR count). The van der Waals surface area contributed by atoms with Crippen LogP contribution in [0.2, 0.25) is 0 Å². The minimum atomic E-state index is 0.168. The van der Waals surface area contributed by atoms with Crippen LogP contribution < -0.4 is 4.74 Å². The maximum atomic E-state index is 5.98. The molecule has 20 heavy (non-hydrogen) atoms. The van der Waals surface area contributed by atoms with Gasteiger partial charge in [-0.15, -0.1) is 0 Å². The van der Waals surface area contributed by atoms with Crippen molar-refractivity contribution in [2.75, 3.05) is 0 Å². The maximum Gasteiger partial charge on any atom is 0.134 e. The summed E-state index contributed by atoms with van der Waals surface area (Å²) in [4.78, 5) is 0. The van der Waals surface area contributed by atoms with Crippen molar-refractivity contribution in [3.63, 3.8) is 0 Å². The highest BCUT2D eigenvalue weighted by Gasteiger charge is 2.13. The van der Waals surface area contributed by atoms with Crippen LogP contribution in [0.25, 0.3) is 6.08 Å². The molecule has 0 fully saturated rings. The van der Waals surface area contributed by atoms with E-state index in [1.165, 1.54) is 5.56 Å². The van der Waals surface area contributed by atoms with Gasteiger partial charge in [-0.3, -0.25) is 0 Å². The predicted molar refractivity (Wildman–Crippen MR) is 86.4 cm³/mol. The molecule has 0 saturated heterocycles. The van der Waals surface area contributed by atoms with Crippen LogP contribution in [0, 0.1) is 0 Å². The first-order valence-electron chi connectivity index (χ1n) is 7.01. The fraction of sp³-hybridized carbons (Fsp3) is 0.263. The Hall–Kier alpha value is -2.02. The lowest BCUT2D eigenvalue weighted by molar-refractivity contribution is 0.480. The Balaban J connectivity index is 2.23. The molecule has 0 amide bonds. The molecule has 0 bridgehead atoms. The minimum Gasteiger partial charge on any atom is -0.457 e. The standard InChI is InChI=1S/C19H22O/c1-5-8-15-9-6-7-10-18(15)20-17-13-11-16(12-14-17)19(2,3)4/h5-14H,1-4H3/b8-5-. The summed E-state index contributed by atoms with van der Waals surface area (Å²) < 4.78 is 5.98. The lowest BCUT2D eigenvalue weighted by Crippen LogP contribution is -2.10. The molecular formula is C19H22O. The molecule has 1 nitrogen and oxygen atoms in total. The third-order valence-corrected chi connectivity index (χ3v) is 3.21. The topological polar surface area (TPSA) is 9.23 Å². The molecule has 0 aliphatic rings. The van der Waals surface area contributed by atoms with Gasteiger partial charge in [-0.1, -0.05) is 63.3 Å². The number of allylic oxidation sites excluding steroid dienone is 1. The molecule has 0 aliphatic heterocycles. The summed E-state index contributed by atoms with van der Waals surface area (Å²) in [6.45, 7) is 8.65. The lowest BCUT2D eigenvalue weighted by Gasteiger charge is -2.19. The van der Waals surface area contributed by atoms with E-state index in [0.29, 0.717) is 0 Å². The van der Waals surface area contributed by atoms with Crippen molar-refractivity contribution in [1.82, 2.24) is 0 Å². The third-order valence-electron chi connectivity index (χ3n) is 3.21. The molecule has 2 aromatic rings. The SMILES string of the molecule is C/C=C\c1ccccc1Oc1ccc(C(C)(C)C)cc1. The smallest absolute Gasteiger partial charge is 0.134 e. The van der Waals surface area contributed by atoms with Gasteiger partial charge < -0.3 is 4.74 Å². The molecular weight excluding hydrogens is 244 g/mol. The van der Waals surface area contributed by atoms with Crippen molar-refractivity contribution in [1.29, 1.82) is 0 Å². The molecule has 104 valence electrons. The molecule has 1 heteroatoms. The van der Waals surface area contributed by atoms with Gasteiger partial charge in [-0.05, 0) is 36.1 Å². The van der Waals surface area contributed by atoms with Gasteiger partial charge in [0.25, 0.3) is 0 Å². The van der Waals surface area contributed by atoms with Crippen molar-refractivity contribution >= 4 is 6.08 Å². The molecule has 0 unspecified atom stereocenters. The first kappa shape index (κ1) is 14.4. The van der Waals surface area contributed by atoms with Gasteiger partial charge in [-0.2, -0.15) is 0 Å². The molecule has 0 saturated carbocycles.